The van der Waals surface area contributed by atoms with Gasteiger partial charge in [-0.25, -0.2) is 18.7 Å². The van der Waals surface area contributed by atoms with Gasteiger partial charge in [-0.2, -0.15) is 17.4 Å². The van der Waals surface area contributed by atoms with Crippen molar-refractivity contribution >= 4 is 40.9 Å². The minimum atomic E-state index is -5.86. The Labute approximate surface area is 183 Å². The van der Waals surface area contributed by atoms with Crippen molar-refractivity contribution in [3.05, 3.63) is 24.7 Å². The highest BCUT2D eigenvalue weighted by molar-refractivity contribution is 7.66. The molecule has 0 aliphatic carbocycles. The van der Waals surface area contributed by atoms with Crippen LogP contribution in [0.2, 0.25) is 0 Å². The summed E-state index contributed by atoms with van der Waals surface area (Å²) in [7, 11) is -17.2. The van der Waals surface area contributed by atoms with Gasteiger partial charge in [0.1, 0.15) is 17.3 Å². The lowest BCUT2D eigenvalue weighted by Crippen LogP contribution is -2.51. The Hall–Kier alpha value is -0.770. The number of rotatable bonds is 9. The summed E-state index contributed by atoms with van der Waals surface area (Å²) in [5, 5.41) is 10.2. The number of amidine groups is 1. The molecule has 21 heteroatoms. The smallest absolute Gasteiger partial charge is 0.384 e. The largest absolute Gasteiger partial charge is 0.490 e. The first-order valence-electron chi connectivity index (χ1n) is 7.92. The van der Waals surface area contributed by atoms with Crippen LogP contribution in [-0.2, 0) is 31.6 Å². The Kier molecular flexibility index (Phi) is 7.83. The quantitative estimate of drug-likeness (QED) is 0.168. The van der Waals surface area contributed by atoms with Gasteiger partial charge in [-0.3, -0.25) is 4.52 Å². The second kappa shape index (κ2) is 9.12. The molecule has 1 saturated heterocycles. The third-order valence-electron chi connectivity index (χ3n) is 3.87. The molecule has 2 heterocycles. The molecule has 7 N–H and O–H groups in total. The van der Waals surface area contributed by atoms with Crippen LogP contribution in [0.15, 0.2) is 29.7 Å². The number of phosphoric acid groups is 3. The van der Waals surface area contributed by atoms with E-state index in [1.807, 2.05) is 0 Å². The highest BCUT2D eigenvalue weighted by Gasteiger charge is 2.68. The number of hydrogen-bond acceptors (Lipinski definition) is 11. The van der Waals surface area contributed by atoms with Crippen LogP contribution in [-0.4, -0.2) is 71.8 Å². The van der Waals surface area contributed by atoms with Crippen LogP contribution < -0.4 is 5.73 Å². The predicted octanol–water partition coefficient (Wildman–Crippen LogP) is 0.317. The monoisotopic (exact) mass is 549 g/mol. The minimum Gasteiger partial charge on any atom is -0.384 e. The number of nitrogens with two attached hydrogens (primary N) is 1. The predicted molar refractivity (Wildman–Crippen MR) is 101 cm³/mol. The van der Waals surface area contributed by atoms with Crippen molar-refractivity contribution < 1.29 is 65.0 Å². The van der Waals surface area contributed by atoms with Crippen LogP contribution >= 0.6 is 35.1 Å². The number of nitrogens with zero attached hydrogens (tertiary/aromatic N) is 2. The lowest BCUT2D eigenvalue weighted by Gasteiger charge is -2.32. The molecule has 5 atom stereocenters. The maximum absolute atomic E-state index is 14.8. The Morgan fingerprint density at radius 3 is 2.34 bits per heavy atom. The third-order valence-corrected chi connectivity index (χ3v) is 8.10. The average molecular weight is 550 g/mol. The summed E-state index contributed by atoms with van der Waals surface area (Å²) < 4.78 is 79.9. The lowest BCUT2D eigenvalue weighted by molar-refractivity contribution is -0.152. The minimum absolute atomic E-state index is 0.0654. The number of phosphoric ester groups is 1. The van der Waals surface area contributed by atoms with Crippen LogP contribution in [0.1, 0.15) is 0 Å². The molecule has 0 aromatic heterocycles. The molecule has 15 nitrogen and oxygen atoms in total. The van der Waals surface area contributed by atoms with Crippen LogP contribution in [0, 0.1) is 0 Å². The van der Waals surface area contributed by atoms with Crippen molar-refractivity contribution in [2.24, 2.45) is 10.7 Å². The first-order chi connectivity index (χ1) is 14.3. The van der Waals surface area contributed by atoms with Gasteiger partial charge in [-0.1, -0.05) is 6.58 Å². The molecule has 0 amide bonds. The van der Waals surface area contributed by atoms with Gasteiger partial charge in [0.25, 0.3) is 0 Å². The summed E-state index contributed by atoms with van der Waals surface area (Å²) in [5.41, 5.74) is 2.84. The highest BCUT2D eigenvalue weighted by Crippen LogP contribution is 2.66. The number of halogens is 3. The fourth-order valence-electron chi connectivity index (χ4n) is 2.54. The van der Waals surface area contributed by atoms with Crippen molar-refractivity contribution in [3.8, 4) is 0 Å². The van der Waals surface area contributed by atoms with Gasteiger partial charge in [0.05, 0.1) is 12.5 Å². The van der Waals surface area contributed by atoms with Crippen molar-refractivity contribution in [3.63, 3.8) is 0 Å². The Bertz CT molecular complexity index is 975. The van der Waals surface area contributed by atoms with E-state index in [0.717, 1.165) is 12.3 Å². The molecule has 2 rings (SSSR count). The fourth-order valence-corrected chi connectivity index (χ4v) is 5.91. The maximum atomic E-state index is 14.8. The summed E-state index contributed by atoms with van der Waals surface area (Å²) in [5.74, 6) is -5.42. The van der Waals surface area contributed by atoms with Gasteiger partial charge in [0, 0.05) is 6.20 Å². The Morgan fingerprint density at radius 1 is 1.25 bits per heavy atom. The van der Waals surface area contributed by atoms with Crippen molar-refractivity contribution in [2.45, 2.75) is 23.9 Å². The van der Waals surface area contributed by atoms with Crippen LogP contribution in [0.4, 0.5) is 8.78 Å². The van der Waals surface area contributed by atoms with E-state index in [9.17, 15) is 32.5 Å². The second-order valence-corrected chi connectivity index (χ2v) is 11.0. The zero-order valence-electron chi connectivity index (χ0n) is 15.5. The number of aliphatic hydroxyl groups is 1. The third kappa shape index (κ3) is 6.21. The van der Waals surface area contributed by atoms with E-state index in [2.05, 4.69) is 24.7 Å². The number of ether oxygens (including phenoxy) is 1. The average Bonchev–Trinajstić information content (AvgIpc) is 2.78. The van der Waals surface area contributed by atoms with Gasteiger partial charge in [-0.15, -0.1) is 11.6 Å². The van der Waals surface area contributed by atoms with Gasteiger partial charge < -0.3 is 40.1 Å². The molecule has 184 valence electrons. The summed E-state index contributed by atoms with van der Waals surface area (Å²) in [6.07, 6.45) is -2.91. The molecular weight excluding hydrogens is 533 g/mol. The van der Waals surface area contributed by atoms with E-state index < -0.39 is 59.8 Å². The molecule has 0 bridgehead atoms. The van der Waals surface area contributed by atoms with Crippen molar-refractivity contribution in [2.75, 3.05) is 12.5 Å². The Morgan fingerprint density at radius 2 is 1.84 bits per heavy atom. The number of hydrogen-bond donors (Lipinski definition) is 6. The first kappa shape index (κ1) is 27.5. The van der Waals surface area contributed by atoms with E-state index in [1.54, 1.807) is 0 Å². The topological polar surface area (TPSA) is 231 Å². The van der Waals surface area contributed by atoms with Gasteiger partial charge in [0.2, 0.25) is 6.23 Å². The van der Waals surface area contributed by atoms with E-state index >= 15 is 0 Å². The van der Waals surface area contributed by atoms with E-state index in [-0.39, 0.29) is 11.7 Å². The normalized spacial score (nSPS) is 31.8. The van der Waals surface area contributed by atoms with Gasteiger partial charge >= 0.3 is 29.4 Å². The molecule has 2 unspecified atom stereocenters. The van der Waals surface area contributed by atoms with Crippen molar-refractivity contribution in [1.29, 1.82) is 0 Å². The number of aliphatic imine (C=N–C) groups is 1. The molecule has 0 aromatic carbocycles. The molecule has 32 heavy (non-hydrogen) atoms. The zero-order valence-corrected chi connectivity index (χ0v) is 18.9. The van der Waals surface area contributed by atoms with Crippen LogP contribution in [0.5, 0.6) is 0 Å². The fraction of sp³-hybridized carbons (Fsp3) is 0.545. The van der Waals surface area contributed by atoms with E-state index in [4.69, 9.17) is 36.8 Å². The van der Waals surface area contributed by atoms with Crippen molar-refractivity contribution in [1.82, 2.24) is 4.90 Å². The summed E-state index contributed by atoms with van der Waals surface area (Å²) in [4.78, 5) is 40.0. The SMILES string of the molecule is C=C1N=C(N)C=CN1[C@@H]1O[C@](CCl)(COP(=O)(O)OP(=O)(O)OP(=O)(O)O)[C@@H](O)C1(F)F. The molecule has 2 aliphatic rings. The molecular formula is C11H17ClF2N3O12P3. The molecule has 0 saturated carbocycles. The lowest BCUT2D eigenvalue weighted by atomic mass is 9.97. The zero-order chi connectivity index (χ0) is 24.8. The number of aliphatic hydroxyl groups excluding tert-OH is 1. The molecule has 0 aromatic rings. The maximum Gasteiger partial charge on any atom is 0.490 e. The second-order valence-electron chi connectivity index (χ2n) is 6.29. The van der Waals surface area contributed by atoms with E-state index in [0.29, 0.717) is 4.90 Å². The standard InChI is InChI=1S/C11H17ClF2N3O12P3/c1-6-16-7(15)2-3-17(6)9-11(13,14)8(18)10(4-12,27-9)5-26-31(22,23)29-32(24,25)28-30(19,20)21/h2-3,8-9,18H,1,4-5H2,(H2,15,16)(H,22,23)(H,24,25)(H2,19,20,21)/t8-,9-,10-/m1/s1. The van der Waals surface area contributed by atoms with Gasteiger partial charge in [-0.05, 0) is 6.08 Å². The molecule has 1 fully saturated rings. The van der Waals surface area contributed by atoms with Crippen LogP contribution in [0.25, 0.3) is 0 Å². The summed E-state index contributed by atoms with van der Waals surface area (Å²) >= 11 is 5.65. The van der Waals surface area contributed by atoms with Crippen LogP contribution in [0.3, 0.4) is 0 Å². The first-order valence-corrected chi connectivity index (χ1v) is 13.0. The molecule has 2 aliphatic heterocycles. The summed E-state index contributed by atoms with van der Waals surface area (Å²) in [6.45, 7) is 2.00. The molecule has 0 radical (unpaired) electrons. The Balaban J connectivity index is 2.21. The summed E-state index contributed by atoms with van der Waals surface area (Å²) in [6, 6.07) is 0. The van der Waals surface area contributed by atoms with E-state index in [1.165, 1.54) is 0 Å². The highest BCUT2D eigenvalue weighted by atomic mass is 35.5. The number of alkyl halides is 3. The van der Waals surface area contributed by atoms with Gasteiger partial charge in [0.15, 0.2) is 6.10 Å². The molecule has 0 spiro atoms.